The molecule has 0 unspecified atom stereocenters. The van der Waals surface area contributed by atoms with Crippen molar-refractivity contribution in [2.75, 3.05) is 10.6 Å². The number of hydrogen-bond donors (Lipinski definition) is 2. The van der Waals surface area contributed by atoms with Gasteiger partial charge < -0.3 is 10.6 Å². The molecule has 2 N–H and O–H groups in total. The lowest BCUT2D eigenvalue weighted by Crippen LogP contribution is -2.22. The number of hydrogen-bond acceptors (Lipinski definition) is 4. The average molecular weight is 385 g/mol. The van der Waals surface area contributed by atoms with Crippen LogP contribution in [0.1, 0.15) is 6.42 Å². The van der Waals surface area contributed by atoms with Crippen molar-refractivity contribution in [3.05, 3.63) is 59.2 Å². The molecule has 0 bridgehead atoms. The van der Waals surface area contributed by atoms with E-state index in [1.165, 1.54) is 0 Å². The highest BCUT2D eigenvalue weighted by Crippen LogP contribution is 2.15. The topological polar surface area (TPSA) is 84.0 Å². The Labute approximate surface area is 146 Å². The molecule has 6 nitrogen and oxygen atoms in total. The number of carbonyl (C=O) groups excluding carboxylic acids is 2. The molecule has 0 aliphatic rings. The van der Waals surface area contributed by atoms with Gasteiger partial charge in [-0.15, -0.1) is 0 Å². The van der Waals surface area contributed by atoms with Gasteiger partial charge in [0.2, 0.25) is 11.8 Å². The molecule has 3 rings (SSSR count). The zero-order valence-corrected chi connectivity index (χ0v) is 14.1. The van der Waals surface area contributed by atoms with Gasteiger partial charge in [-0.2, -0.15) is 0 Å². The Morgan fingerprint density at radius 3 is 2.38 bits per heavy atom. The molecule has 0 atom stereocenters. The summed E-state index contributed by atoms with van der Waals surface area (Å²) in [5, 5.41) is 6.17. The Morgan fingerprint density at radius 2 is 1.62 bits per heavy atom. The number of aromatic nitrogens is 2. The lowest BCUT2D eigenvalue weighted by atomic mass is 10.2. The summed E-state index contributed by atoms with van der Waals surface area (Å²) in [7, 11) is 0. The van der Waals surface area contributed by atoms with Crippen LogP contribution in [0, 0.1) is 0 Å². The maximum absolute atomic E-state index is 12.0. The first-order valence-electron chi connectivity index (χ1n) is 7.17. The minimum absolute atomic E-state index is 0.313. The zero-order chi connectivity index (χ0) is 16.9. The number of amides is 2. The van der Waals surface area contributed by atoms with Crippen molar-refractivity contribution < 1.29 is 9.59 Å². The number of anilines is 2. The molecular weight excluding hydrogens is 372 g/mol. The Hall–Kier alpha value is -2.80. The fourth-order valence-electron chi connectivity index (χ4n) is 2.11. The van der Waals surface area contributed by atoms with Crippen LogP contribution in [-0.2, 0) is 9.59 Å². The first kappa shape index (κ1) is 16.1. The molecule has 0 fully saturated rings. The van der Waals surface area contributed by atoms with Crippen molar-refractivity contribution in [3.63, 3.8) is 0 Å². The summed E-state index contributed by atoms with van der Waals surface area (Å²) in [5.41, 5.74) is 0.777. The van der Waals surface area contributed by atoms with Crippen LogP contribution in [0.4, 0.5) is 11.6 Å². The fraction of sp³-hybridized carbons (Fsp3) is 0.0588. The molecule has 0 aliphatic carbocycles. The molecule has 0 saturated heterocycles. The van der Waals surface area contributed by atoms with Gasteiger partial charge >= 0.3 is 0 Å². The molecule has 3 aromatic rings. The number of fused-ring (bicyclic) bond motifs is 1. The molecule has 1 aromatic carbocycles. The minimum atomic E-state index is -0.442. The van der Waals surface area contributed by atoms with E-state index >= 15 is 0 Å². The third-order valence-corrected chi connectivity index (χ3v) is 3.65. The van der Waals surface area contributed by atoms with E-state index in [0.29, 0.717) is 11.6 Å². The quantitative estimate of drug-likeness (QED) is 0.675. The molecule has 0 spiro atoms. The number of para-hydroxylation sites is 1. The van der Waals surface area contributed by atoms with Crippen molar-refractivity contribution in [2.24, 2.45) is 0 Å². The first-order valence-corrected chi connectivity index (χ1v) is 7.96. The maximum Gasteiger partial charge on any atom is 0.234 e. The number of benzene rings is 1. The van der Waals surface area contributed by atoms with Crippen LogP contribution in [0.5, 0.6) is 0 Å². The van der Waals surface area contributed by atoms with Crippen LogP contribution in [-0.4, -0.2) is 21.8 Å². The summed E-state index contributed by atoms with van der Waals surface area (Å²) in [5.74, 6) is -0.0800. The largest absolute Gasteiger partial charge is 0.310 e. The summed E-state index contributed by atoms with van der Waals surface area (Å²) in [6, 6.07) is 14.6. The van der Waals surface area contributed by atoms with Crippen molar-refractivity contribution in [1.29, 1.82) is 0 Å². The number of pyridine rings is 2. The summed E-state index contributed by atoms with van der Waals surface area (Å²) in [4.78, 5) is 32.2. The highest BCUT2D eigenvalue weighted by Gasteiger charge is 2.11. The van der Waals surface area contributed by atoms with Crippen molar-refractivity contribution in [1.82, 2.24) is 9.97 Å². The van der Waals surface area contributed by atoms with Crippen LogP contribution < -0.4 is 10.6 Å². The number of nitrogens with zero attached hydrogens (tertiary/aromatic N) is 2. The van der Waals surface area contributed by atoms with Gasteiger partial charge in [0.25, 0.3) is 0 Å². The van der Waals surface area contributed by atoms with E-state index in [1.54, 1.807) is 24.4 Å². The van der Waals surface area contributed by atoms with Gasteiger partial charge in [-0.25, -0.2) is 9.97 Å². The molecule has 0 aliphatic heterocycles. The second-order valence-electron chi connectivity index (χ2n) is 5.02. The number of nitrogens with one attached hydrogen (secondary N) is 2. The summed E-state index contributed by atoms with van der Waals surface area (Å²) in [6.07, 6.45) is 1.25. The van der Waals surface area contributed by atoms with Crippen LogP contribution in [0.3, 0.4) is 0 Å². The third kappa shape index (κ3) is 4.14. The first-order chi connectivity index (χ1) is 11.6. The average Bonchev–Trinajstić information content (AvgIpc) is 2.56. The molecule has 2 heterocycles. The molecule has 24 heavy (non-hydrogen) atoms. The van der Waals surface area contributed by atoms with Gasteiger partial charge in [0.05, 0.1) is 5.52 Å². The normalized spacial score (nSPS) is 10.4. The van der Waals surface area contributed by atoms with Gasteiger partial charge in [0.1, 0.15) is 18.1 Å². The highest BCUT2D eigenvalue weighted by atomic mass is 79.9. The molecule has 7 heteroatoms. The molecule has 0 radical (unpaired) electrons. The van der Waals surface area contributed by atoms with Crippen molar-refractivity contribution in [3.8, 4) is 0 Å². The van der Waals surface area contributed by atoms with E-state index in [2.05, 4.69) is 36.5 Å². The Balaban J connectivity index is 1.59. The van der Waals surface area contributed by atoms with E-state index < -0.39 is 11.8 Å². The van der Waals surface area contributed by atoms with E-state index in [-0.39, 0.29) is 6.42 Å². The maximum atomic E-state index is 12.0. The third-order valence-electron chi connectivity index (χ3n) is 3.18. The summed E-state index contributed by atoms with van der Waals surface area (Å²) < 4.78 is 0.806. The molecule has 0 saturated carbocycles. The monoisotopic (exact) mass is 384 g/mol. The van der Waals surface area contributed by atoms with Gasteiger partial charge in [0.15, 0.2) is 0 Å². The van der Waals surface area contributed by atoms with Crippen LogP contribution in [0.25, 0.3) is 10.9 Å². The lowest BCUT2D eigenvalue weighted by molar-refractivity contribution is -0.123. The Kier molecular flexibility index (Phi) is 4.81. The lowest BCUT2D eigenvalue weighted by Gasteiger charge is -2.06. The number of rotatable bonds is 4. The molecule has 2 aromatic heterocycles. The number of carbonyl (C=O) groups is 2. The highest BCUT2D eigenvalue weighted by molar-refractivity contribution is 9.10. The standard InChI is InChI=1S/C17H13BrN4O2/c18-12-6-8-14(19-10-12)21-16(23)9-17(24)22-15-7-5-11-3-1-2-4-13(11)20-15/h1-8,10H,9H2,(H,19,21,23)(H,20,22,24). The second-order valence-corrected chi connectivity index (χ2v) is 5.94. The molecular formula is C17H13BrN4O2. The van der Waals surface area contributed by atoms with Gasteiger partial charge in [0, 0.05) is 16.1 Å². The van der Waals surface area contributed by atoms with E-state index in [4.69, 9.17) is 0 Å². The zero-order valence-electron chi connectivity index (χ0n) is 12.5. The van der Waals surface area contributed by atoms with Crippen LogP contribution >= 0.6 is 15.9 Å². The SMILES string of the molecule is O=C(CC(=O)Nc1ccc2ccccc2n1)Nc1ccc(Br)cn1. The van der Waals surface area contributed by atoms with Crippen LogP contribution in [0.15, 0.2) is 59.2 Å². The Bertz CT molecular complexity index is 896. The van der Waals surface area contributed by atoms with E-state index in [1.807, 2.05) is 30.3 Å². The predicted molar refractivity (Wildman–Crippen MR) is 95.6 cm³/mol. The summed E-state index contributed by atoms with van der Waals surface area (Å²) >= 11 is 3.26. The molecule has 120 valence electrons. The smallest absolute Gasteiger partial charge is 0.234 e. The Morgan fingerprint density at radius 1 is 0.917 bits per heavy atom. The van der Waals surface area contributed by atoms with Gasteiger partial charge in [-0.3, -0.25) is 9.59 Å². The van der Waals surface area contributed by atoms with E-state index in [9.17, 15) is 9.59 Å². The van der Waals surface area contributed by atoms with E-state index in [0.717, 1.165) is 15.4 Å². The van der Waals surface area contributed by atoms with Crippen molar-refractivity contribution >= 4 is 50.3 Å². The summed E-state index contributed by atoms with van der Waals surface area (Å²) in [6.45, 7) is 0. The minimum Gasteiger partial charge on any atom is -0.310 e. The predicted octanol–water partition coefficient (Wildman–Crippen LogP) is 3.36. The van der Waals surface area contributed by atoms with Gasteiger partial charge in [-0.1, -0.05) is 18.2 Å². The fourth-order valence-corrected chi connectivity index (χ4v) is 2.34. The van der Waals surface area contributed by atoms with Gasteiger partial charge in [-0.05, 0) is 46.3 Å². The van der Waals surface area contributed by atoms with Crippen molar-refractivity contribution in [2.45, 2.75) is 6.42 Å². The molecule has 2 amide bonds. The number of halogens is 1. The second kappa shape index (κ2) is 7.18. The van der Waals surface area contributed by atoms with Crippen LogP contribution in [0.2, 0.25) is 0 Å².